The zero-order valence-corrected chi connectivity index (χ0v) is 43.4. The van der Waals surface area contributed by atoms with Crippen molar-refractivity contribution >= 4 is 27.6 Å². The Balaban J connectivity index is 4.44. The molecule has 4 atom stereocenters. The van der Waals surface area contributed by atoms with Crippen LogP contribution in [-0.4, -0.2) is 82.1 Å². The lowest BCUT2D eigenvalue weighted by atomic mass is 9.99. The van der Waals surface area contributed by atoms with Crippen LogP contribution in [0.1, 0.15) is 213 Å². The number of phosphoric acid groups is 2. The van der Waals surface area contributed by atoms with Gasteiger partial charge in [-0.05, 0) is 63.7 Å². The third-order valence-corrected chi connectivity index (χ3v) is 12.7. The number of ether oxygens (including phenoxy) is 2. The van der Waals surface area contributed by atoms with Gasteiger partial charge in [-0.2, -0.15) is 0 Å². The van der Waals surface area contributed by atoms with Crippen LogP contribution in [0.4, 0.5) is 0 Å². The first-order chi connectivity index (χ1) is 32.3. The summed E-state index contributed by atoms with van der Waals surface area (Å²) in [6.07, 6.45) is 46.9. The molecule has 0 amide bonds. The van der Waals surface area contributed by atoms with Crippen molar-refractivity contribution in [3.63, 3.8) is 0 Å². The lowest BCUT2D eigenvalue weighted by Gasteiger charge is -2.20. The van der Waals surface area contributed by atoms with Gasteiger partial charge in [-0.3, -0.25) is 23.2 Å². The predicted molar refractivity (Wildman–Crippen MR) is 268 cm³/mol. The molecule has 0 aromatic rings. The maximum absolute atomic E-state index is 12.7. The number of hydrogen-bond acceptors (Lipinski definition) is 11. The van der Waals surface area contributed by atoms with Crippen LogP contribution >= 0.6 is 15.6 Å². The summed E-state index contributed by atoms with van der Waals surface area (Å²) in [5, 5.41) is 18.6. The van der Waals surface area contributed by atoms with Crippen molar-refractivity contribution in [2.45, 2.75) is 225 Å². The highest BCUT2D eigenvalue weighted by Crippen LogP contribution is 2.44. The van der Waals surface area contributed by atoms with Gasteiger partial charge < -0.3 is 34.4 Å². The number of allylic oxidation sites excluding steroid dienone is 8. The van der Waals surface area contributed by atoms with E-state index in [1.807, 2.05) is 12.2 Å². The van der Waals surface area contributed by atoms with E-state index < -0.39 is 66.2 Å². The van der Waals surface area contributed by atoms with Gasteiger partial charge in [-0.1, -0.05) is 191 Å². The molecule has 0 aliphatic rings. The van der Waals surface area contributed by atoms with Crippen LogP contribution in [0.2, 0.25) is 0 Å². The zero-order valence-electron chi connectivity index (χ0n) is 41.6. The highest BCUT2D eigenvalue weighted by molar-refractivity contribution is 7.47. The summed E-state index contributed by atoms with van der Waals surface area (Å²) in [5.74, 6) is -0.222. The number of phosphoric ester groups is 2. The second kappa shape index (κ2) is 46.4. The summed E-state index contributed by atoms with van der Waals surface area (Å²) >= 11 is 0. The molecule has 16 heteroatoms. The molecule has 14 nitrogen and oxygen atoms in total. The van der Waals surface area contributed by atoms with Gasteiger partial charge in [0.15, 0.2) is 6.10 Å². The van der Waals surface area contributed by atoms with Crippen LogP contribution in [0.15, 0.2) is 48.6 Å². The van der Waals surface area contributed by atoms with Crippen molar-refractivity contribution in [2.75, 3.05) is 33.0 Å². The molecule has 0 bridgehead atoms. The van der Waals surface area contributed by atoms with Crippen molar-refractivity contribution in [3.8, 4) is 0 Å². The van der Waals surface area contributed by atoms with Crippen molar-refractivity contribution in [2.24, 2.45) is 5.92 Å². The zero-order chi connectivity index (χ0) is 49.5. The van der Waals surface area contributed by atoms with E-state index >= 15 is 0 Å². The molecule has 0 aromatic carbocycles. The van der Waals surface area contributed by atoms with Crippen LogP contribution in [0.3, 0.4) is 0 Å². The van der Waals surface area contributed by atoms with Crippen molar-refractivity contribution in [1.29, 1.82) is 0 Å². The van der Waals surface area contributed by atoms with E-state index in [9.17, 15) is 28.7 Å². The summed E-state index contributed by atoms with van der Waals surface area (Å²) < 4.78 is 47.9. The molecule has 0 aliphatic carbocycles. The minimum atomic E-state index is -4.88. The van der Waals surface area contributed by atoms with Crippen LogP contribution < -0.4 is 0 Å². The number of carbonyl (C=O) groups excluding carboxylic acids is 2. The first kappa shape index (κ1) is 65.0. The van der Waals surface area contributed by atoms with E-state index in [4.69, 9.17) is 33.4 Å². The van der Waals surface area contributed by atoms with Crippen LogP contribution in [0, 0.1) is 5.92 Å². The van der Waals surface area contributed by atoms with Gasteiger partial charge in [0.05, 0.1) is 19.8 Å². The third-order valence-electron chi connectivity index (χ3n) is 11.3. The molecule has 392 valence electrons. The molecule has 67 heavy (non-hydrogen) atoms. The molecular formula is C51H94O14P2. The molecule has 0 rings (SSSR count). The maximum Gasteiger partial charge on any atom is 0.472 e. The first-order valence-corrected chi connectivity index (χ1v) is 28.9. The first-order valence-electron chi connectivity index (χ1n) is 25.8. The molecule has 0 aromatic heterocycles. The van der Waals surface area contributed by atoms with Crippen molar-refractivity contribution in [1.82, 2.24) is 0 Å². The SMILES string of the molecule is CCC(C)CCCCCCCCCCCCCCCCCCCCC(=O)OC[C@H](COP(=O)(O)OC[C@@H](O)COP(=O)(O)O)OC(=O)CCC/C=C\C/C=C\C/C=C\C/C=C\CCCCCO. The molecule has 0 spiro atoms. The minimum Gasteiger partial charge on any atom is -0.462 e. The van der Waals surface area contributed by atoms with E-state index in [1.54, 1.807) is 0 Å². The maximum atomic E-state index is 12.7. The highest BCUT2D eigenvalue weighted by atomic mass is 31.2. The molecule has 5 N–H and O–H groups in total. The predicted octanol–water partition coefficient (Wildman–Crippen LogP) is 13.0. The summed E-state index contributed by atoms with van der Waals surface area (Å²) in [7, 11) is -9.71. The molecule has 0 heterocycles. The van der Waals surface area contributed by atoms with Gasteiger partial charge in [0.2, 0.25) is 0 Å². The average Bonchev–Trinajstić information content (AvgIpc) is 3.29. The Morgan fingerprint density at radius 1 is 0.507 bits per heavy atom. The Bertz CT molecular complexity index is 1380. The van der Waals surface area contributed by atoms with Crippen molar-refractivity contribution in [3.05, 3.63) is 48.6 Å². The quantitative estimate of drug-likeness (QED) is 0.0166. The largest absolute Gasteiger partial charge is 0.472 e. The highest BCUT2D eigenvalue weighted by Gasteiger charge is 2.28. The number of rotatable bonds is 49. The Hall–Kier alpha value is -1.96. The topological polar surface area (TPSA) is 216 Å². The second-order valence-electron chi connectivity index (χ2n) is 17.8. The Morgan fingerprint density at radius 2 is 0.925 bits per heavy atom. The lowest BCUT2D eigenvalue weighted by Crippen LogP contribution is -2.29. The Labute approximate surface area is 405 Å². The Morgan fingerprint density at radius 3 is 1.42 bits per heavy atom. The van der Waals surface area contributed by atoms with Crippen molar-refractivity contribution < 1.29 is 66.7 Å². The van der Waals surface area contributed by atoms with E-state index in [-0.39, 0.29) is 19.4 Å². The number of aliphatic hydroxyl groups is 2. The fraction of sp³-hybridized carbons (Fsp3) is 0.804. The fourth-order valence-corrected chi connectivity index (χ4v) is 8.16. The molecule has 0 radical (unpaired) electrons. The van der Waals surface area contributed by atoms with E-state index in [0.29, 0.717) is 19.3 Å². The summed E-state index contributed by atoms with van der Waals surface area (Å²) in [4.78, 5) is 52.9. The summed E-state index contributed by atoms with van der Waals surface area (Å²) in [5.41, 5.74) is 0. The van der Waals surface area contributed by atoms with Gasteiger partial charge in [0.25, 0.3) is 0 Å². The molecule has 2 unspecified atom stereocenters. The lowest BCUT2D eigenvalue weighted by molar-refractivity contribution is -0.161. The molecule has 0 saturated heterocycles. The number of carbonyl (C=O) groups is 2. The smallest absolute Gasteiger partial charge is 0.462 e. The van der Waals surface area contributed by atoms with Crippen LogP contribution in [0.25, 0.3) is 0 Å². The van der Waals surface area contributed by atoms with Gasteiger partial charge in [-0.15, -0.1) is 0 Å². The van der Waals surface area contributed by atoms with Crippen LogP contribution in [0.5, 0.6) is 0 Å². The summed E-state index contributed by atoms with van der Waals surface area (Å²) in [6.45, 7) is 2.12. The fourth-order valence-electron chi connectivity index (χ4n) is 7.00. The second-order valence-corrected chi connectivity index (χ2v) is 20.5. The number of aliphatic hydroxyl groups excluding tert-OH is 2. The monoisotopic (exact) mass is 993 g/mol. The molecule has 0 aliphatic heterocycles. The third kappa shape index (κ3) is 50.2. The molecular weight excluding hydrogens is 898 g/mol. The van der Waals surface area contributed by atoms with Gasteiger partial charge in [0.1, 0.15) is 12.7 Å². The number of unbranched alkanes of at least 4 members (excludes halogenated alkanes) is 21. The average molecular weight is 993 g/mol. The summed E-state index contributed by atoms with van der Waals surface area (Å²) in [6, 6.07) is 0. The normalized spacial score (nSPS) is 14.7. The van der Waals surface area contributed by atoms with Gasteiger partial charge >= 0.3 is 27.6 Å². The number of esters is 2. The van der Waals surface area contributed by atoms with E-state index in [2.05, 4.69) is 54.8 Å². The van der Waals surface area contributed by atoms with Gasteiger partial charge in [0, 0.05) is 19.4 Å². The molecule has 0 saturated carbocycles. The van der Waals surface area contributed by atoms with Crippen LogP contribution in [-0.2, 0) is 41.8 Å². The number of hydrogen-bond donors (Lipinski definition) is 5. The van der Waals surface area contributed by atoms with E-state index in [0.717, 1.165) is 70.1 Å². The minimum absolute atomic E-state index is 0.0463. The molecule has 0 fully saturated rings. The standard InChI is InChI=1S/C51H94O14P2/c1-3-47(2)39-35-31-27-23-19-15-11-7-4-5-8-12-16-20-24-28-32-36-40-50(54)61-45-49(46-64-67(59,60)63-44-48(53)43-62-66(56,57)58)65-51(55)41-37-33-29-25-21-17-13-9-6-10-14-18-22-26-30-34-38-42-52/h6,10,13,17-18,22,25,29,47-49,52-53H,3-5,7-9,11-12,14-16,19-21,23-24,26-28,30-46H2,1-2H3,(H,59,60)(H2,56,57,58)/b10-6-,17-13-,22-18-,29-25-/t47?,48-,49+/m0/s1. The Kier molecular flexibility index (Phi) is 45.1. The van der Waals surface area contributed by atoms with Gasteiger partial charge in [-0.25, -0.2) is 9.13 Å². The van der Waals surface area contributed by atoms with E-state index in [1.165, 1.54) is 103 Å².